The number of amides is 1. The van der Waals surface area contributed by atoms with Crippen LogP contribution in [0.2, 0.25) is 0 Å². The van der Waals surface area contributed by atoms with Crippen molar-refractivity contribution < 1.29 is 32.9 Å². The number of nitrogens with one attached hydrogen (secondary N) is 2. The number of likely N-dealkylation sites (tertiary alicyclic amines) is 1. The Bertz CT molecular complexity index is 1150. The van der Waals surface area contributed by atoms with Crippen molar-refractivity contribution in [2.24, 2.45) is 0 Å². The molecule has 35 heavy (non-hydrogen) atoms. The molecular formula is C22H24F2N6O5. The molecule has 0 aliphatic carbocycles. The van der Waals surface area contributed by atoms with E-state index in [2.05, 4.69) is 25.5 Å². The largest absolute Gasteiger partial charge is 0.494 e. The maximum absolute atomic E-state index is 14.5. The molecule has 3 heterocycles. The second-order valence-electron chi connectivity index (χ2n) is 7.73. The van der Waals surface area contributed by atoms with Gasteiger partial charge in [-0.2, -0.15) is 5.10 Å². The van der Waals surface area contributed by atoms with Gasteiger partial charge in [0, 0.05) is 25.2 Å². The van der Waals surface area contributed by atoms with Crippen LogP contribution < -0.4 is 19.5 Å². The topological polar surface area (TPSA) is 135 Å². The lowest BCUT2D eigenvalue weighted by atomic mass is 10.1. The number of benzene rings is 1. The van der Waals surface area contributed by atoms with Gasteiger partial charge in [0.1, 0.15) is 12.4 Å². The van der Waals surface area contributed by atoms with Crippen LogP contribution in [0.4, 0.5) is 20.5 Å². The van der Waals surface area contributed by atoms with Gasteiger partial charge in [0.25, 0.3) is 5.91 Å². The number of piperidine rings is 1. The molecule has 2 aromatic heterocycles. The van der Waals surface area contributed by atoms with Gasteiger partial charge in [-0.25, -0.2) is 18.7 Å². The number of anilines is 2. The Morgan fingerprint density at radius 2 is 1.77 bits per heavy atom. The Hall–Kier alpha value is -4.00. The van der Waals surface area contributed by atoms with Crippen molar-refractivity contribution >= 4 is 17.7 Å². The van der Waals surface area contributed by atoms with E-state index in [0.29, 0.717) is 31.7 Å². The van der Waals surface area contributed by atoms with E-state index >= 15 is 0 Å². The van der Waals surface area contributed by atoms with Crippen molar-refractivity contribution in [1.82, 2.24) is 25.1 Å². The van der Waals surface area contributed by atoms with Crippen molar-refractivity contribution in [2.45, 2.75) is 25.6 Å². The highest BCUT2D eigenvalue weighted by molar-refractivity contribution is 5.93. The maximum Gasteiger partial charge on any atom is 0.274 e. The molecule has 0 spiro atoms. The van der Waals surface area contributed by atoms with E-state index in [-0.39, 0.29) is 46.5 Å². The fourth-order valence-corrected chi connectivity index (χ4v) is 3.52. The highest BCUT2D eigenvalue weighted by atomic mass is 19.1. The number of carbonyl (C=O) groups is 1. The molecule has 0 bridgehead atoms. The van der Waals surface area contributed by atoms with Gasteiger partial charge in [-0.3, -0.25) is 9.89 Å². The predicted octanol–water partition coefficient (Wildman–Crippen LogP) is 2.41. The first kappa shape index (κ1) is 24.1. The molecule has 1 aliphatic rings. The summed E-state index contributed by atoms with van der Waals surface area (Å²) in [4.78, 5) is 22.4. The van der Waals surface area contributed by atoms with E-state index in [1.807, 2.05) is 0 Å². The summed E-state index contributed by atoms with van der Waals surface area (Å²) < 4.78 is 44.2. The fourth-order valence-electron chi connectivity index (χ4n) is 3.52. The average Bonchev–Trinajstić information content (AvgIpc) is 3.33. The highest BCUT2D eigenvalue weighted by Crippen LogP contribution is 2.32. The molecule has 1 saturated heterocycles. The van der Waals surface area contributed by atoms with E-state index in [9.17, 15) is 18.7 Å². The molecule has 186 valence electrons. The number of H-pyrrole nitrogens is 1. The van der Waals surface area contributed by atoms with Gasteiger partial charge in [-0.05, 0) is 12.8 Å². The van der Waals surface area contributed by atoms with E-state index < -0.39 is 18.2 Å². The number of ether oxygens (including phenoxy) is 3. The standard InChI is InChI=1S/C22H24F2N6O5/c1-33-16-8-17(34-2)20(24)14(19(16)23)11-35-13-9-25-22(26-10-13)27-18-7-15(28-29-18)21(32)30-5-3-12(31)4-6-30/h7-10,12,31H,3-6,11H2,1-2H3,(H2,25,26,27,28,29). The number of aromatic nitrogens is 4. The number of hydrogen-bond acceptors (Lipinski definition) is 9. The normalized spacial score (nSPS) is 14.0. The van der Waals surface area contributed by atoms with Crippen LogP contribution in [0.1, 0.15) is 28.9 Å². The summed E-state index contributed by atoms with van der Waals surface area (Å²) in [7, 11) is 2.52. The summed E-state index contributed by atoms with van der Waals surface area (Å²) in [5.41, 5.74) is -0.136. The van der Waals surface area contributed by atoms with E-state index in [1.54, 1.807) is 4.90 Å². The molecule has 1 amide bonds. The van der Waals surface area contributed by atoms with Gasteiger partial charge < -0.3 is 29.5 Å². The summed E-state index contributed by atoms with van der Waals surface area (Å²) >= 11 is 0. The van der Waals surface area contributed by atoms with Crippen molar-refractivity contribution in [1.29, 1.82) is 0 Å². The quantitative estimate of drug-likeness (QED) is 0.435. The Balaban J connectivity index is 1.37. The van der Waals surface area contributed by atoms with E-state index in [4.69, 9.17) is 14.2 Å². The lowest BCUT2D eigenvalue weighted by Gasteiger charge is -2.28. The third kappa shape index (κ3) is 5.40. The zero-order valence-electron chi connectivity index (χ0n) is 19.0. The minimum Gasteiger partial charge on any atom is -0.494 e. The molecule has 0 radical (unpaired) electrons. The number of aliphatic hydroxyl groups is 1. The lowest BCUT2D eigenvalue weighted by molar-refractivity contribution is 0.0541. The molecule has 1 aromatic carbocycles. The minimum absolute atomic E-state index is 0.170. The molecule has 1 fully saturated rings. The molecule has 1 aliphatic heterocycles. The zero-order chi connectivity index (χ0) is 24.9. The number of hydrogen-bond donors (Lipinski definition) is 3. The average molecular weight is 490 g/mol. The third-order valence-corrected chi connectivity index (χ3v) is 5.47. The van der Waals surface area contributed by atoms with Crippen molar-refractivity contribution in [2.75, 3.05) is 32.6 Å². The van der Waals surface area contributed by atoms with Gasteiger partial charge in [-0.15, -0.1) is 0 Å². The molecule has 0 unspecified atom stereocenters. The van der Waals surface area contributed by atoms with Crippen LogP contribution in [0, 0.1) is 11.6 Å². The maximum atomic E-state index is 14.5. The van der Waals surface area contributed by atoms with Crippen molar-refractivity contribution in [3.63, 3.8) is 0 Å². The molecule has 13 heteroatoms. The molecule has 11 nitrogen and oxygen atoms in total. The van der Waals surface area contributed by atoms with Crippen molar-refractivity contribution in [3.8, 4) is 17.2 Å². The second kappa shape index (κ2) is 10.5. The summed E-state index contributed by atoms with van der Waals surface area (Å²) in [6, 6.07) is 2.64. The van der Waals surface area contributed by atoms with Crippen LogP contribution >= 0.6 is 0 Å². The summed E-state index contributed by atoms with van der Waals surface area (Å²) in [6.07, 6.45) is 3.34. The number of aromatic amines is 1. The zero-order valence-corrected chi connectivity index (χ0v) is 19.0. The number of halogens is 2. The molecule has 0 atom stereocenters. The summed E-state index contributed by atoms with van der Waals surface area (Å²) in [6.45, 7) is 0.494. The Morgan fingerprint density at radius 1 is 1.14 bits per heavy atom. The number of aliphatic hydroxyl groups excluding tert-OH is 1. The van der Waals surface area contributed by atoms with Crippen LogP contribution in [0.5, 0.6) is 17.2 Å². The first-order valence-corrected chi connectivity index (χ1v) is 10.7. The number of nitrogens with zero attached hydrogens (tertiary/aromatic N) is 4. The lowest BCUT2D eigenvalue weighted by Crippen LogP contribution is -2.40. The van der Waals surface area contributed by atoms with Crippen molar-refractivity contribution in [3.05, 3.63) is 47.4 Å². The molecule has 4 rings (SSSR count). The number of rotatable bonds is 8. The molecule has 0 saturated carbocycles. The van der Waals surface area contributed by atoms with E-state index in [1.165, 1.54) is 32.7 Å². The Kier molecular flexibility index (Phi) is 7.25. The number of carbonyl (C=O) groups excluding carboxylic acids is 1. The van der Waals surface area contributed by atoms with Crippen LogP contribution in [-0.2, 0) is 6.61 Å². The van der Waals surface area contributed by atoms with Gasteiger partial charge in [-0.1, -0.05) is 0 Å². The monoisotopic (exact) mass is 490 g/mol. The Labute approximate surface area is 199 Å². The van der Waals surface area contributed by atoms with Gasteiger partial charge in [0.15, 0.2) is 34.6 Å². The third-order valence-electron chi connectivity index (χ3n) is 5.47. The van der Waals surface area contributed by atoms with Crippen LogP contribution in [-0.4, -0.2) is 69.5 Å². The van der Waals surface area contributed by atoms with Crippen LogP contribution in [0.3, 0.4) is 0 Å². The van der Waals surface area contributed by atoms with Gasteiger partial charge in [0.05, 0.1) is 38.3 Å². The molecular weight excluding hydrogens is 466 g/mol. The first-order valence-electron chi connectivity index (χ1n) is 10.7. The van der Waals surface area contributed by atoms with Crippen LogP contribution in [0.25, 0.3) is 0 Å². The SMILES string of the molecule is COc1cc(OC)c(F)c(COc2cnc(Nc3cc(C(=O)N4CCC(O)CC4)n[nH]3)nc2)c1F. The Morgan fingerprint density at radius 3 is 2.37 bits per heavy atom. The highest BCUT2D eigenvalue weighted by Gasteiger charge is 2.24. The summed E-state index contributed by atoms with van der Waals surface area (Å²) in [5, 5.41) is 19.2. The van der Waals surface area contributed by atoms with Gasteiger partial charge in [0.2, 0.25) is 5.95 Å². The predicted molar refractivity (Wildman–Crippen MR) is 119 cm³/mol. The minimum atomic E-state index is -0.893. The van der Waals surface area contributed by atoms with Gasteiger partial charge >= 0.3 is 0 Å². The van der Waals surface area contributed by atoms with Crippen LogP contribution in [0.15, 0.2) is 24.5 Å². The molecule has 3 aromatic rings. The number of methoxy groups -OCH3 is 2. The fraction of sp³-hybridized carbons (Fsp3) is 0.364. The summed E-state index contributed by atoms with van der Waals surface area (Å²) in [5.74, 6) is -1.62. The van der Waals surface area contributed by atoms with E-state index in [0.717, 1.165) is 6.07 Å². The first-order chi connectivity index (χ1) is 16.9. The second-order valence-corrected chi connectivity index (χ2v) is 7.73. The smallest absolute Gasteiger partial charge is 0.274 e. The molecule has 3 N–H and O–H groups in total.